The van der Waals surface area contributed by atoms with Gasteiger partial charge >= 0.3 is 0 Å². The first-order valence-electron chi connectivity index (χ1n) is 14.8. The van der Waals surface area contributed by atoms with Gasteiger partial charge in [-0.25, -0.2) is 4.98 Å². The molecule has 0 N–H and O–H groups in total. The summed E-state index contributed by atoms with van der Waals surface area (Å²) in [4.78, 5) is 17.7. The fourth-order valence-electron chi connectivity index (χ4n) is 6.06. The van der Waals surface area contributed by atoms with Crippen LogP contribution in [0.1, 0.15) is 0 Å². The second-order valence-electron chi connectivity index (χ2n) is 10.9. The summed E-state index contributed by atoms with van der Waals surface area (Å²) in [7, 11) is 0. The van der Waals surface area contributed by atoms with Crippen molar-refractivity contribution < 1.29 is 0 Å². The van der Waals surface area contributed by atoms with Gasteiger partial charge in [-0.2, -0.15) is 9.97 Å². The number of aromatic nitrogens is 3. The lowest BCUT2D eigenvalue weighted by Gasteiger charge is -2.25. The van der Waals surface area contributed by atoms with Crippen molar-refractivity contribution in [2.75, 3.05) is 4.90 Å². The number of hydrogen-bond acceptors (Lipinski definition) is 6. The van der Waals surface area contributed by atoms with Gasteiger partial charge in [-0.3, -0.25) is 4.90 Å². The second kappa shape index (κ2) is 10.6. The van der Waals surface area contributed by atoms with Crippen molar-refractivity contribution in [2.24, 2.45) is 0 Å². The molecule has 6 heteroatoms. The molecule has 3 heterocycles. The first-order valence-corrected chi connectivity index (χ1v) is 16.4. The molecule has 6 aromatic carbocycles. The normalized spacial score (nSPS) is 11.6. The summed E-state index contributed by atoms with van der Waals surface area (Å²) < 4.78 is 5.00. The van der Waals surface area contributed by atoms with Crippen LogP contribution >= 0.6 is 22.7 Å². The highest BCUT2D eigenvalue weighted by atomic mass is 32.1. The van der Waals surface area contributed by atoms with E-state index in [-0.39, 0.29) is 0 Å². The lowest BCUT2D eigenvalue weighted by molar-refractivity contribution is 1.03. The Labute approximate surface area is 267 Å². The summed E-state index contributed by atoms with van der Waals surface area (Å²) in [5.41, 5.74) is 3.91. The summed E-state index contributed by atoms with van der Waals surface area (Å²) in [5.74, 6) is 1.84. The zero-order chi connectivity index (χ0) is 29.7. The van der Waals surface area contributed by atoms with Gasteiger partial charge in [0.1, 0.15) is 0 Å². The third kappa shape index (κ3) is 4.46. The topological polar surface area (TPSA) is 41.9 Å². The molecular weight excluding hydrogens is 589 g/mol. The lowest BCUT2D eigenvalue weighted by Crippen LogP contribution is -2.15. The largest absolute Gasteiger partial charge is 0.278 e. The minimum atomic E-state index is 0.572. The van der Waals surface area contributed by atoms with Crippen molar-refractivity contribution in [1.29, 1.82) is 0 Å². The maximum atomic E-state index is 5.24. The maximum Gasteiger partial charge on any atom is 0.238 e. The van der Waals surface area contributed by atoms with Gasteiger partial charge in [0.2, 0.25) is 5.95 Å². The summed E-state index contributed by atoms with van der Waals surface area (Å²) in [5, 5.41) is 4.88. The molecule has 0 atom stereocenters. The van der Waals surface area contributed by atoms with E-state index in [1.54, 1.807) is 0 Å². The Morgan fingerprint density at radius 1 is 0.422 bits per heavy atom. The number of hydrogen-bond donors (Lipinski definition) is 0. The fraction of sp³-hybridized carbons (Fsp3) is 0. The molecule has 212 valence electrons. The molecule has 0 spiro atoms. The monoisotopic (exact) mass is 612 g/mol. The van der Waals surface area contributed by atoms with Crippen LogP contribution in [0.3, 0.4) is 0 Å². The van der Waals surface area contributed by atoms with Crippen LogP contribution in [0.4, 0.5) is 17.3 Å². The van der Waals surface area contributed by atoms with E-state index >= 15 is 0 Å². The lowest BCUT2D eigenvalue weighted by atomic mass is 10.1. The summed E-state index contributed by atoms with van der Waals surface area (Å²) >= 11 is 3.62. The number of nitrogens with zero attached hydrogens (tertiary/aromatic N) is 4. The van der Waals surface area contributed by atoms with Crippen molar-refractivity contribution >= 4 is 80.3 Å². The van der Waals surface area contributed by atoms with Crippen molar-refractivity contribution in [1.82, 2.24) is 15.0 Å². The Hall–Kier alpha value is -5.43. The molecule has 9 rings (SSSR count). The third-order valence-corrected chi connectivity index (χ3v) is 10.4. The first kappa shape index (κ1) is 26.0. The Bertz CT molecular complexity index is 2500. The Kier molecular flexibility index (Phi) is 6.14. The number of para-hydroxylation sites is 1. The van der Waals surface area contributed by atoms with E-state index in [1.165, 1.54) is 40.3 Å². The van der Waals surface area contributed by atoms with E-state index in [9.17, 15) is 0 Å². The van der Waals surface area contributed by atoms with Crippen molar-refractivity contribution in [3.63, 3.8) is 0 Å². The van der Waals surface area contributed by atoms with Gasteiger partial charge in [0.05, 0.1) is 5.69 Å². The van der Waals surface area contributed by atoms with Gasteiger partial charge in [-0.05, 0) is 54.6 Å². The van der Waals surface area contributed by atoms with Gasteiger partial charge in [0.15, 0.2) is 11.6 Å². The van der Waals surface area contributed by atoms with E-state index < -0.39 is 0 Å². The van der Waals surface area contributed by atoms with Crippen LogP contribution in [-0.2, 0) is 0 Å². The predicted molar refractivity (Wildman–Crippen MR) is 191 cm³/mol. The molecule has 0 aliphatic heterocycles. The standard InChI is InChI=1S/C39H24N4S2/c1-3-12-25(13-4-1)37-40-38(26-22-23-34-30(24-26)28-16-7-9-19-32(28)44-34)42-39(41-37)43(27-14-5-2-6-15-27)31-18-11-21-35-36(31)29-17-8-10-20-33(29)45-35/h1-24H. The van der Waals surface area contributed by atoms with Crippen molar-refractivity contribution in [2.45, 2.75) is 0 Å². The molecule has 0 fully saturated rings. The predicted octanol–water partition coefficient (Wildman–Crippen LogP) is 11.4. The van der Waals surface area contributed by atoms with Gasteiger partial charge in [0.25, 0.3) is 0 Å². The summed E-state index contributed by atoms with van der Waals surface area (Å²) in [6.07, 6.45) is 0. The second-order valence-corrected chi connectivity index (χ2v) is 13.0. The molecular formula is C39H24N4S2. The van der Waals surface area contributed by atoms with Gasteiger partial charge < -0.3 is 0 Å². The minimum absolute atomic E-state index is 0.572. The fourth-order valence-corrected chi connectivity index (χ4v) is 8.27. The van der Waals surface area contributed by atoms with Crippen LogP contribution in [0.5, 0.6) is 0 Å². The van der Waals surface area contributed by atoms with E-state index in [0.29, 0.717) is 17.6 Å². The van der Waals surface area contributed by atoms with Crippen molar-refractivity contribution in [3.05, 3.63) is 146 Å². The van der Waals surface area contributed by atoms with Crippen LogP contribution in [0.25, 0.3) is 63.1 Å². The smallest absolute Gasteiger partial charge is 0.238 e. The Morgan fingerprint density at radius 2 is 1.02 bits per heavy atom. The van der Waals surface area contributed by atoms with E-state index in [2.05, 4.69) is 126 Å². The molecule has 3 aromatic heterocycles. The van der Waals surface area contributed by atoms with Crippen LogP contribution < -0.4 is 4.90 Å². The number of thiophene rings is 2. The Balaban J connectivity index is 1.32. The molecule has 0 saturated carbocycles. The van der Waals surface area contributed by atoms with Gasteiger partial charge in [-0.15, -0.1) is 22.7 Å². The number of benzene rings is 6. The molecule has 0 bridgehead atoms. The van der Waals surface area contributed by atoms with E-state index in [1.807, 2.05) is 46.9 Å². The first-order chi connectivity index (χ1) is 22.3. The minimum Gasteiger partial charge on any atom is -0.278 e. The number of rotatable bonds is 5. The van der Waals surface area contributed by atoms with Crippen LogP contribution in [0, 0.1) is 0 Å². The highest BCUT2D eigenvalue weighted by molar-refractivity contribution is 7.26. The molecule has 0 radical (unpaired) electrons. The zero-order valence-electron chi connectivity index (χ0n) is 24.0. The maximum absolute atomic E-state index is 5.24. The molecule has 0 aliphatic rings. The molecule has 0 amide bonds. The average molecular weight is 613 g/mol. The number of anilines is 3. The zero-order valence-corrected chi connectivity index (χ0v) is 25.6. The molecule has 0 aliphatic carbocycles. The van der Waals surface area contributed by atoms with Gasteiger partial charge in [-0.1, -0.05) is 91.0 Å². The van der Waals surface area contributed by atoms with Crippen LogP contribution in [0.15, 0.2) is 146 Å². The molecule has 45 heavy (non-hydrogen) atoms. The van der Waals surface area contributed by atoms with Crippen LogP contribution in [0.2, 0.25) is 0 Å². The molecule has 9 aromatic rings. The van der Waals surface area contributed by atoms with Crippen molar-refractivity contribution in [3.8, 4) is 22.8 Å². The quantitative estimate of drug-likeness (QED) is 0.194. The molecule has 4 nitrogen and oxygen atoms in total. The molecule has 0 saturated heterocycles. The third-order valence-electron chi connectivity index (χ3n) is 8.13. The Morgan fingerprint density at radius 3 is 1.82 bits per heavy atom. The summed E-state index contributed by atoms with van der Waals surface area (Å²) in [6, 6.07) is 50.8. The van der Waals surface area contributed by atoms with E-state index in [0.717, 1.165) is 22.5 Å². The average Bonchev–Trinajstić information content (AvgIpc) is 3.68. The molecule has 0 unspecified atom stereocenters. The van der Waals surface area contributed by atoms with Gasteiger partial charge in [0, 0.05) is 57.2 Å². The highest BCUT2D eigenvalue weighted by Crippen LogP contribution is 2.44. The SMILES string of the molecule is c1ccc(-c2nc(-c3ccc4sc5ccccc5c4c3)nc(N(c3ccccc3)c3cccc4sc5ccccc5c34)n2)cc1. The number of fused-ring (bicyclic) bond motifs is 6. The van der Waals surface area contributed by atoms with Crippen LogP contribution in [-0.4, -0.2) is 15.0 Å². The van der Waals surface area contributed by atoms with E-state index in [4.69, 9.17) is 15.0 Å². The highest BCUT2D eigenvalue weighted by Gasteiger charge is 2.23. The summed E-state index contributed by atoms with van der Waals surface area (Å²) in [6.45, 7) is 0.